The SMILES string of the molecule is Cc1cc(S(=O)(=O)Nc2ccc(F)cc2C(=O)O)ccc1OCCCC(=O)O. The van der Waals surface area contributed by atoms with Crippen molar-refractivity contribution < 1.29 is 37.3 Å². The van der Waals surface area contributed by atoms with Crippen LogP contribution in [0.15, 0.2) is 41.3 Å². The number of carboxylic acids is 2. The summed E-state index contributed by atoms with van der Waals surface area (Å²) in [6.07, 6.45) is 0.262. The highest BCUT2D eigenvalue weighted by atomic mass is 32.2. The van der Waals surface area contributed by atoms with Crippen LogP contribution in [0.2, 0.25) is 0 Å². The predicted molar refractivity (Wildman–Crippen MR) is 97.7 cm³/mol. The van der Waals surface area contributed by atoms with Gasteiger partial charge in [-0.2, -0.15) is 0 Å². The second-order valence-corrected chi connectivity index (χ2v) is 7.56. The summed E-state index contributed by atoms with van der Waals surface area (Å²) in [7, 11) is -4.13. The van der Waals surface area contributed by atoms with E-state index >= 15 is 0 Å². The summed E-state index contributed by atoms with van der Waals surface area (Å²) in [6, 6.07) is 6.73. The van der Waals surface area contributed by atoms with E-state index in [1.165, 1.54) is 18.2 Å². The first kappa shape index (κ1) is 21.2. The molecular weight excluding hydrogens is 393 g/mol. The number of hydrogen-bond acceptors (Lipinski definition) is 5. The molecular formula is C18H18FNO7S. The molecule has 0 aliphatic carbocycles. The Kier molecular flexibility index (Phi) is 6.57. The van der Waals surface area contributed by atoms with Crippen molar-refractivity contribution >= 4 is 27.6 Å². The highest BCUT2D eigenvalue weighted by Gasteiger charge is 2.20. The third-order valence-electron chi connectivity index (χ3n) is 3.71. The smallest absolute Gasteiger partial charge is 0.337 e. The molecule has 0 unspecified atom stereocenters. The number of aromatic carboxylic acids is 1. The van der Waals surface area contributed by atoms with Crippen LogP contribution in [0, 0.1) is 12.7 Å². The van der Waals surface area contributed by atoms with Crippen LogP contribution in [-0.4, -0.2) is 37.2 Å². The molecule has 8 nitrogen and oxygen atoms in total. The van der Waals surface area contributed by atoms with Crippen molar-refractivity contribution in [3.8, 4) is 5.75 Å². The number of aliphatic carboxylic acids is 1. The molecule has 0 atom stereocenters. The van der Waals surface area contributed by atoms with Crippen molar-refractivity contribution in [2.45, 2.75) is 24.7 Å². The average Bonchev–Trinajstić information content (AvgIpc) is 2.60. The zero-order valence-corrected chi connectivity index (χ0v) is 15.6. The molecule has 0 fully saturated rings. The molecule has 0 saturated heterocycles. The van der Waals surface area contributed by atoms with Crippen LogP contribution in [0.4, 0.5) is 10.1 Å². The molecule has 0 aliphatic heterocycles. The van der Waals surface area contributed by atoms with Crippen LogP contribution in [0.1, 0.15) is 28.8 Å². The van der Waals surface area contributed by atoms with E-state index in [2.05, 4.69) is 4.72 Å². The molecule has 0 amide bonds. The molecule has 10 heteroatoms. The molecule has 0 spiro atoms. The topological polar surface area (TPSA) is 130 Å². The molecule has 2 aromatic rings. The van der Waals surface area contributed by atoms with Gasteiger partial charge in [-0.05, 0) is 55.3 Å². The Labute approximate surface area is 160 Å². The zero-order valence-electron chi connectivity index (χ0n) is 14.8. The quantitative estimate of drug-likeness (QED) is 0.541. The maximum atomic E-state index is 13.2. The molecule has 28 heavy (non-hydrogen) atoms. The van der Waals surface area contributed by atoms with Crippen molar-refractivity contribution in [1.29, 1.82) is 0 Å². The van der Waals surface area contributed by atoms with E-state index in [4.69, 9.17) is 14.9 Å². The summed E-state index contributed by atoms with van der Waals surface area (Å²) in [5.41, 5.74) is -0.282. The molecule has 0 aromatic heterocycles. The fourth-order valence-electron chi connectivity index (χ4n) is 2.34. The standard InChI is InChI=1S/C18H18FNO7S/c1-11-9-13(5-7-16(11)27-8-2-3-17(21)22)28(25,26)20-15-6-4-12(19)10-14(15)18(23)24/h4-7,9-10,20H,2-3,8H2,1H3,(H,21,22)(H,23,24). The number of sulfonamides is 1. The van der Waals surface area contributed by atoms with Crippen LogP contribution < -0.4 is 9.46 Å². The number of halogens is 1. The maximum Gasteiger partial charge on any atom is 0.337 e. The van der Waals surface area contributed by atoms with Gasteiger partial charge >= 0.3 is 11.9 Å². The highest BCUT2D eigenvalue weighted by molar-refractivity contribution is 7.92. The highest BCUT2D eigenvalue weighted by Crippen LogP contribution is 2.25. The summed E-state index contributed by atoms with van der Waals surface area (Å²) in [5.74, 6) is -2.81. The van der Waals surface area contributed by atoms with Gasteiger partial charge in [0.25, 0.3) is 10.0 Å². The van der Waals surface area contributed by atoms with Gasteiger partial charge < -0.3 is 14.9 Å². The Morgan fingerprint density at radius 1 is 1.14 bits per heavy atom. The van der Waals surface area contributed by atoms with Gasteiger partial charge in [0, 0.05) is 6.42 Å². The Morgan fingerprint density at radius 2 is 1.86 bits per heavy atom. The molecule has 0 aliphatic rings. The zero-order chi connectivity index (χ0) is 20.9. The minimum atomic E-state index is -4.13. The number of carboxylic acid groups (broad SMARTS) is 2. The summed E-state index contributed by atoms with van der Waals surface area (Å²) in [5, 5.41) is 17.7. The first-order valence-corrected chi connectivity index (χ1v) is 9.59. The summed E-state index contributed by atoms with van der Waals surface area (Å²) < 4.78 is 45.9. The lowest BCUT2D eigenvalue weighted by atomic mass is 10.2. The van der Waals surface area contributed by atoms with Crippen molar-refractivity contribution in [2.24, 2.45) is 0 Å². The lowest BCUT2D eigenvalue weighted by Crippen LogP contribution is -2.16. The van der Waals surface area contributed by atoms with E-state index in [-0.39, 0.29) is 23.6 Å². The minimum absolute atomic E-state index is 0.0426. The average molecular weight is 411 g/mol. The fraction of sp³-hybridized carbons (Fsp3) is 0.222. The molecule has 0 bridgehead atoms. The van der Waals surface area contributed by atoms with Crippen LogP contribution >= 0.6 is 0 Å². The lowest BCUT2D eigenvalue weighted by Gasteiger charge is -2.13. The summed E-state index contributed by atoms with van der Waals surface area (Å²) in [4.78, 5) is 21.6. The summed E-state index contributed by atoms with van der Waals surface area (Å²) in [6.45, 7) is 1.78. The van der Waals surface area contributed by atoms with Crippen molar-refractivity contribution in [1.82, 2.24) is 0 Å². The van der Waals surface area contributed by atoms with Gasteiger partial charge in [-0.1, -0.05) is 0 Å². The molecule has 2 rings (SSSR count). The van der Waals surface area contributed by atoms with Crippen LogP contribution in [0.25, 0.3) is 0 Å². The molecule has 2 aromatic carbocycles. The maximum absolute atomic E-state index is 13.2. The number of ether oxygens (including phenoxy) is 1. The molecule has 3 N–H and O–H groups in total. The molecule has 0 heterocycles. The van der Waals surface area contributed by atoms with Gasteiger partial charge in [-0.15, -0.1) is 0 Å². The normalized spacial score (nSPS) is 11.1. The molecule has 0 radical (unpaired) electrons. The molecule has 150 valence electrons. The van der Waals surface area contributed by atoms with Gasteiger partial charge in [0.15, 0.2) is 0 Å². The van der Waals surface area contributed by atoms with Crippen LogP contribution in [0.3, 0.4) is 0 Å². The second kappa shape index (κ2) is 8.70. The van der Waals surface area contributed by atoms with E-state index in [1.807, 2.05) is 0 Å². The van der Waals surface area contributed by atoms with E-state index in [1.54, 1.807) is 6.92 Å². The predicted octanol–water partition coefficient (Wildman–Crippen LogP) is 2.88. The van der Waals surface area contributed by atoms with E-state index in [9.17, 15) is 22.4 Å². The Bertz CT molecular complexity index is 1000. The largest absolute Gasteiger partial charge is 0.493 e. The van der Waals surface area contributed by atoms with Crippen LogP contribution in [0.5, 0.6) is 5.75 Å². The van der Waals surface area contributed by atoms with Gasteiger partial charge in [-0.25, -0.2) is 17.6 Å². The van der Waals surface area contributed by atoms with Gasteiger partial charge in [-0.3, -0.25) is 9.52 Å². The Balaban J connectivity index is 2.19. The number of aryl methyl sites for hydroxylation is 1. The van der Waals surface area contributed by atoms with Crippen molar-refractivity contribution in [3.63, 3.8) is 0 Å². The van der Waals surface area contributed by atoms with Gasteiger partial charge in [0.1, 0.15) is 11.6 Å². The monoisotopic (exact) mass is 411 g/mol. The van der Waals surface area contributed by atoms with Crippen molar-refractivity contribution in [2.75, 3.05) is 11.3 Å². The van der Waals surface area contributed by atoms with Gasteiger partial charge in [0.05, 0.1) is 22.8 Å². The summed E-state index contributed by atoms with van der Waals surface area (Å²) >= 11 is 0. The molecule has 0 saturated carbocycles. The lowest BCUT2D eigenvalue weighted by molar-refractivity contribution is -0.137. The number of rotatable bonds is 9. The number of hydrogen-bond donors (Lipinski definition) is 3. The Morgan fingerprint density at radius 3 is 2.46 bits per heavy atom. The first-order valence-electron chi connectivity index (χ1n) is 8.11. The van der Waals surface area contributed by atoms with Crippen molar-refractivity contribution in [3.05, 3.63) is 53.3 Å². The first-order chi connectivity index (χ1) is 13.1. The number of anilines is 1. The third-order valence-corrected chi connectivity index (χ3v) is 5.07. The minimum Gasteiger partial charge on any atom is -0.493 e. The second-order valence-electron chi connectivity index (χ2n) is 5.87. The fourth-order valence-corrected chi connectivity index (χ4v) is 3.51. The van der Waals surface area contributed by atoms with E-state index in [0.29, 0.717) is 17.7 Å². The van der Waals surface area contributed by atoms with Crippen LogP contribution in [-0.2, 0) is 14.8 Å². The van der Waals surface area contributed by atoms with E-state index < -0.39 is 33.3 Å². The number of nitrogens with one attached hydrogen (secondary N) is 1. The number of carbonyl (C=O) groups is 2. The number of benzene rings is 2. The van der Waals surface area contributed by atoms with Gasteiger partial charge in [0.2, 0.25) is 0 Å². The Hall–Kier alpha value is -3.14. The van der Waals surface area contributed by atoms with E-state index in [0.717, 1.165) is 18.2 Å². The third kappa shape index (κ3) is 5.43.